The third-order valence-corrected chi connectivity index (χ3v) is 6.12. The summed E-state index contributed by atoms with van der Waals surface area (Å²) in [4.78, 5) is 0. The van der Waals surface area contributed by atoms with E-state index in [1.54, 1.807) is 0 Å². The Morgan fingerprint density at radius 2 is 1.02 bits per heavy atom. The summed E-state index contributed by atoms with van der Waals surface area (Å²) in [6, 6.07) is -6.34. The Morgan fingerprint density at radius 1 is 0.651 bits per heavy atom. The normalized spacial score (nSPS) is 14.0. The van der Waals surface area contributed by atoms with Gasteiger partial charge >= 0.3 is 43.2 Å². The number of aromatic nitrogens is 2. The summed E-state index contributed by atoms with van der Waals surface area (Å²) in [5, 5.41) is 0. The van der Waals surface area contributed by atoms with Gasteiger partial charge in [0, 0.05) is 6.42 Å². The summed E-state index contributed by atoms with van der Waals surface area (Å²) in [5.41, 5.74) is 0. The monoisotopic (exact) mass is 668 g/mol. The molecule has 0 aliphatic heterocycles. The van der Waals surface area contributed by atoms with Crippen LogP contribution in [0.4, 0.5) is 74.3 Å². The minimum atomic E-state index is -7.93. The van der Waals surface area contributed by atoms with Gasteiger partial charge < -0.3 is 17.3 Å². The molecule has 0 saturated heterocycles. The largest absolute Gasteiger partial charge is 0.673 e. The van der Waals surface area contributed by atoms with Gasteiger partial charge in [0.25, 0.3) is 5.82 Å². The molecular formula is C23H30BF17N2. The van der Waals surface area contributed by atoms with Gasteiger partial charge in [-0.2, -0.15) is 61.6 Å². The summed E-state index contributed by atoms with van der Waals surface area (Å²) in [7, 11) is -6.00. The fraction of sp³-hybridized carbons (Fsp3) is 0.783. The molecular weight excluding hydrogens is 638 g/mol. The maximum Gasteiger partial charge on any atom is 0.673 e. The molecule has 1 aromatic rings. The molecule has 0 atom stereocenters. The van der Waals surface area contributed by atoms with E-state index in [9.17, 15) is 74.3 Å². The Balaban J connectivity index is 0.00000324. The summed E-state index contributed by atoms with van der Waals surface area (Å²) >= 11 is 0. The molecule has 0 fully saturated rings. The summed E-state index contributed by atoms with van der Waals surface area (Å²) in [5.74, 6) is -31.7. The van der Waals surface area contributed by atoms with E-state index in [4.69, 9.17) is 0 Å². The van der Waals surface area contributed by atoms with Gasteiger partial charge in [-0.05, 0) is 6.42 Å². The molecule has 0 bridgehead atoms. The molecule has 0 amide bonds. The van der Waals surface area contributed by atoms with Gasteiger partial charge in [-0.3, -0.25) is 0 Å². The Hall–Kier alpha value is -2.18. The van der Waals surface area contributed by atoms with Crippen LogP contribution in [0.2, 0.25) is 0 Å². The lowest BCUT2D eigenvalue weighted by atomic mass is 9.96. The van der Waals surface area contributed by atoms with Crippen molar-refractivity contribution in [2.75, 3.05) is 0 Å². The number of imidazole rings is 1. The molecule has 0 aromatic carbocycles. The van der Waals surface area contributed by atoms with Crippen LogP contribution < -0.4 is 4.57 Å². The van der Waals surface area contributed by atoms with Crippen molar-refractivity contribution >= 4 is 13.5 Å². The van der Waals surface area contributed by atoms with Crippen LogP contribution in [0.3, 0.4) is 0 Å². The average Bonchev–Trinajstić information content (AvgIpc) is 3.26. The third kappa shape index (κ3) is 9.91. The second-order valence-electron chi connectivity index (χ2n) is 9.44. The van der Waals surface area contributed by atoms with E-state index in [2.05, 4.69) is 13.5 Å². The minimum Gasteiger partial charge on any atom is -0.418 e. The summed E-state index contributed by atoms with van der Waals surface area (Å²) in [6.07, 6.45) is 1.68. The van der Waals surface area contributed by atoms with E-state index in [0.29, 0.717) is 23.6 Å². The third-order valence-electron chi connectivity index (χ3n) is 6.12. The van der Waals surface area contributed by atoms with Gasteiger partial charge in [0.1, 0.15) is 12.4 Å². The highest BCUT2D eigenvalue weighted by atomic mass is 19.5. The van der Waals surface area contributed by atoms with E-state index in [0.717, 1.165) is 51.1 Å². The predicted molar refractivity (Wildman–Crippen MR) is 123 cm³/mol. The van der Waals surface area contributed by atoms with Crippen molar-refractivity contribution in [1.82, 2.24) is 4.57 Å². The molecule has 2 nitrogen and oxygen atoms in total. The fourth-order valence-corrected chi connectivity index (χ4v) is 3.79. The van der Waals surface area contributed by atoms with Crippen molar-refractivity contribution in [3.05, 3.63) is 24.8 Å². The molecule has 0 unspecified atom stereocenters. The van der Waals surface area contributed by atoms with Gasteiger partial charge in [-0.1, -0.05) is 71.3 Å². The first-order chi connectivity index (χ1) is 19.3. The van der Waals surface area contributed by atoms with Crippen molar-refractivity contribution in [1.29, 1.82) is 0 Å². The topological polar surface area (TPSA) is 8.81 Å². The molecule has 20 heteroatoms. The second-order valence-corrected chi connectivity index (χ2v) is 9.44. The first-order valence-corrected chi connectivity index (χ1v) is 12.8. The zero-order valence-corrected chi connectivity index (χ0v) is 22.6. The fourth-order valence-electron chi connectivity index (χ4n) is 3.79. The molecule has 1 heterocycles. The lowest BCUT2D eigenvalue weighted by molar-refractivity contribution is -0.853. The van der Waals surface area contributed by atoms with Gasteiger partial charge in [0.15, 0.2) is 0 Å². The van der Waals surface area contributed by atoms with Crippen LogP contribution in [-0.4, -0.2) is 41.7 Å². The van der Waals surface area contributed by atoms with Crippen LogP contribution in [0.5, 0.6) is 0 Å². The van der Waals surface area contributed by atoms with Crippen LogP contribution in [0.1, 0.15) is 77.0 Å². The van der Waals surface area contributed by atoms with Crippen molar-refractivity contribution in [3.8, 4) is 0 Å². The molecule has 0 N–H and O–H groups in total. The quantitative estimate of drug-likeness (QED) is 0.0677. The van der Waals surface area contributed by atoms with E-state index in [1.165, 1.54) is 0 Å². The zero-order valence-electron chi connectivity index (χ0n) is 22.6. The highest BCUT2D eigenvalue weighted by Crippen LogP contribution is 2.60. The first-order valence-electron chi connectivity index (χ1n) is 12.8. The van der Waals surface area contributed by atoms with E-state index < -0.39 is 60.0 Å². The lowest BCUT2D eigenvalue weighted by Crippen LogP contribution is -2.74. The number of hydrogen-bond donors (Lipinski definition) is 0. The van der Waals surface area contributed by atoms with Crippen molar-refractivity contribution in [2.45, 2.75) is 113 Å². The summed E-state index contributed by atoms with van der Waals surface area (Å²) in [6.45, 7) is 5.29. The predicted octanol–water partition coefficient (Wildman–Crippen LogP) is 10.3. The molecule has 0 aliphatic carbocycles. The molecule has 254 valence electrons. The molecule has 43 heavy (non-hydrogen) atoms. The molecule has 1 aromatic heterocycles. The smallest absolute Gasteiger partial charge is 0.418 e. The average molecular weight is 668 g/mol. The maximum absolute atomic E-state index is 14.7. The van der Waals surface area contributed by atoms with Gasteiger partial charge in [0.05, 0.1) is 6.20 Å². The van der Waals surface area contributed by atoms with Gasteiger partial charge in [0.2, 0.25) is 0 Å². The number of nitrogens with zero attached hydrogens (tertiary/aromatic N) is 2. The van der Waals surface area contributed by atoms with Gasteiger partial charge in [-0.25, -0.2) is 4.57 Å². The second kappa shape index (κ2) is 15.2. The Kier molecular flexibility index (Phi) is 14.4. The maximum atomic E-state index is 14.7. The van der Waals surface area contributed by atoms with Crippen LogP contribution >= 0.6 is 0 Å². The Labute approximate surface area is 236 Å². The van der Waals surface area contributed by atoms with E-state index >= 15 is 0 Å². The number of rotatable bonds is 17. The summed E-state index contributed by atoms with van der Waals surface area (Å²) < 4.78 is 215. The Bertz CT molecular complexity index is 977. The molecule has 0 spiro atoms. The van der Waals surface area contributed by atoms with Crippen molar-refractivity contribution < 1.29 is 78.9 Å². The van der Waals surface area contributed by atoms with E-state index in [1.807, 2.05) is 0 Å². The van der Waals surface area contributed by atoms with Crippen LogP contribution in [-0.2, 0) is 12.5 Å². The van der Waals surface area contributed by atoms with Gasteiger partial charge in [-0.15, -0.1) is 0 Å². The number of alkyl halides is 13. The SMILES string of the molecule is C=Cn1cc[n+](C(F)(F)C(F)(F)C(F)(F)C(F)(F)C(F)(F)C(F)(F)F)c1CCCCCCCCCCCC.F[B-](F)(F)F. The number of hydrogen-bond acceptors (Lipinski definition) is 0. The number of unbranched alkanes of at least 4 members (excludes halogenated alkanes) is 9. The first kappa shape index (κ1) is 40.8. The molecule has 1 rings (SSSR count). The van der Waals surface area contributed by atoms with Crippen molar-refractivity contribution in [2.24, 2.45) is 0 Å². The molecule has 0 radical (unpaired) electrons. The van der Waals surface area contributed by atoms with Crippen molar-refractivity contribution in [3.63, 3.8) is 0 Å². The van der Waals surface area contributed by atoms with Crippen LogP contribution in [0, 0.1) is 0 Å². The molecule has 0 saturated carbocycles. The minimum absolute atomic E-state index is 0.0635. The standard InChI is InChI=1S/C23H30F13N2.BF4/c1-3-5-6-7-8-9-10-11-12-13-14-17-37(4-2)15-16-38(17)23(35,36)21(30,31)19(26,27)18(24,25)20(28,29)22(32,33)34;2-1(3,4)5/h4,15-16H,2-3,5-14H2,1H3;/q+1;-1. The lowest BCUT2D eigenvalue weighted by Gasteiger charge is -2.38. The number of halogens is 17. The zero-order chi connectivity index (χ0) is 34.1. The van der Waals surface area contributed by atoms with Crippen LogP contribution in [0.15, 0.2) is 19.0 Å². The highest BCUT2D eigenvalue weighted by Gasteiger charge is 2.92. The van der Waals surface area contributed by atoms with Crippen LogP contribution in [0.25, 0.3) is 6.20 Å². The van der Waals surface area contributed by atoms with E-state index in [-0.39, 0.29) is 12.6 Å². The molecule has 0 aliphatic rings. The highest BCUT2D eigenvalue weighted by molar-refractivity contribution is 6.50. The Morgan fingerprint density at radius 3 is 1.40 bits per heavy atom.